The molecule has 0 aromatic carbocycles. The summed E-state index contributed by atoms with van der Waals surface area (Å²) in [5, 5.41) is 0. The van der Waals surface area contributed by atoms with Crippen LogP contribution in [0.15, 0.2) is 0 Å². The third-order valence-electron chi connectivity index (χ3n) is 4.18. The SMILES string of the molecule is B.CCCCCCCCCCCCCCCC[N+](C)(C)C.[H-]. The van der Waals surface area contributed by atoms with Crippen molar-refractivity contribution in [2.75, 3.05) is 27.7 Å². The smallest absolute Gasteiger partial charge is 0.0814 e. The van der Waals surface area contributed by atoms with Crippen LogP contribution in [0.4, 0.5) is 0 Å². The van der Waals surface area contributed by atoms with E-state index < -0.39 is 0 Å². The van der Waals surface area contributed by atoms with Gasteiger partial charge in [-0.25, -0.2) is 0 Å². The van der Waals surface area contributed by atoms with Crippen molar-refractivity contribution in [2.45, 2.75) is 96.8 Å². The lowest BCUT2D eigenvalue weighted by atomic mass is 10.0. The van der Waals surface area contributed by atoms with Gasteiger partial charge in [-0.05, 0) is 12.8 Å². The molecule has 0 heterocycles. The first-order chi connectivity index (χ1) is 9.56. The number of hydrogen-bond acceptors (Lipinski definition) is 0. The highest BCUT2D eigenvalue weighted by molar-refractivity contribution is 5.75. The lowest BCUT2D eigenvalue weighted by Crippen LogP contribution is -2.35. The summed E-state index contributed by atoms with van der Waals surface area (Å²) in [5.74, 6) is 0. The Bertz CT molecular complexity index is 192. The second-order valence-corrected chi connectivity index (χ2v) is 7.61. The van der Waals surface area contributed by atoms with Crippen LogP contribution in [0.2, 0.25) is 0 Å². The molecule has 0 N–H and O–H groups in total. The molecule has 0 amide bonds. The van der Waals surface area contributed by atoms with E-state index in [9.17, 15) is 0 Å². The Morgan fingerprint density at radius 2 is 0.810 bits per heavy atom. The van der Waals surface area contributed by atoms with Gasteiger partial charge in [0, 0.05) is 0 Å². The average Bonchev–Trinajstić information content (AvgIpc) is 2.38. The molecule has 0 aliphatic rings. The van der Waals surface area contributed by atoms with E-state index >= 15 is 0 Å². The fourth-order valence-corrected chi connectivity index (χ4v) is 2.78. The zero-order chi connectivity index (χ0) is 15.1. The lowest BCUT2D eigenvalue weighted by Gasteiger charge is -2.23. The molecule has 0 spiro atoms. The first-order valence-corrected chi connectivity index (χ1v) is 9.36. The molecule has 0 radical (unpaired) electrons. The third kappa shape index (κ3) is 22.4. The minimum atomic E-state index is 0. The van der Waals surface area contributed by atoms with Gasteiger partial charge in [0.05, 0.1) is 36.1 Å². The Morgan fingerprint density at radius 3 is 1.10 bits per heavy atom. The minimum absolute atomic E-state index is 0. The zero-order valence-corrected chi connectivity index (χ0v) is 15.1. The zero-order valence-electron chi connectivity index (χ0n) is 16.1. The summed E-state index contributed by atoms with van der Waals surface area (Å²) in [5.41, 5.74) is 0. The predicted octanol–water partition coefficient (Wildman–Crippen LogP) is 5.10. The second-order valence-electron chi connectivity index (χ2n) is 7.61. The third-order valence-corrected chi connectivity index (χ3v) is 4.18. The molecule has 0 unspecified atom stereocenters. The van der Waals surface area contributed by atoms with Gasteiger partial charge in [0.1, 0.15) is 0 Å². The molecule has 0 saturated carbocycles. The van der Waals surface area contributed by atoms with Crippen LogP contribution < -0.4 is 0 Å². The highest BCUT2D eigenvalue weighted by atomic mass is 15.3. The molecule has 0 aromatic rings. The van der Waals surface area contributed by atoms with Crippen LogP contribution in [0.1, 0.15) is 98.2 Å². The molecule has 0 bridgehead atoms. The quantitative estimate of drug-likeness (QED) is 0.224. The van der Waals surface area contributed by atoms with E-state index in [1.54, 1.807) is 0 Å². The van der Waals surface area contributed by atoms with E-state index in [1.807, 2.05) is 0 Å². The van der Waals surface area contributed by atoms with Crippen molar-refractivity contribution in [3.63, 3.8) is 0 Å². The molecule has 0 saturated heterocycles. The van der Waals surface area contributed by atoms with Gasteiger partial charge in [-0.15, -0.1) is 0 Å². The molecule has 21 heavy (non-hydrogen) atoms. The molecule has 0 rings (SSSR count). The van der Waals surface area contributed by atoms with Crippen molar-refractivity contribution in [3.8, 4) is 0 Å². The molecule has 0 aliphatic carbocycles. The predicted molar refractivity (Wildman–Crippen MR) is 104 cm³/mol. The van der Waals surface area contributed by atoms with Gasteiger partial charge >= 0.3 is 0 Å². The molecular weight excluding hydrogens is 253 g/mol. The van der Waals surface area contributed by atoms with Crippen molar-refractivity contribution in [1.82, 2.24) is 0 Å². The van der Waals surface area contributed by atoms with Crippen LogP contribution in [0, 0.1) is 0 Å². The van der Waals surface area contributed by atoms with E-state index in [0.29, 0.717) is 0 Å². The van der Waals surface area contributed by atoms with Gasteiger partial charge in [-0.2, -0.15) is 0 Å². The van der Waals surface area contributed by atoms with Crippen LogP contribution in [0.3, 0.4) is 0 Å². The molecule has 0 atom stereocenters. The van der Waals surface area contributed by atoms with Crippen molar-refractivity contribution < 1.29 is 5.91 Å². The van der Waals surface area contributed by atoms with E-state index in [0.717, 1.165) is 4.48 Å². The van der Waals surface area contributed by atoms with Crippen molar-refractivity contribution in [1.29, 1.82) is 0 Å². The first kappa shape index (κ1) is 23.3. The number of unbranched alkanes of at least 4 members (excludes halogenated alkanes) is 13. The summed E-state index contributed by atoms with van der Waals surface area (Å²) in [6.45, 7) is 3.63. The summed E-state index contributed by atoms with van der Waals surface area (Å²) in [7, 11) is 6.88. The van der Waals surface area contributed by atoms with Crippen LogP contribution in [-0.4, -0.2) is 40.6 Å². The van der Waals surface area contributed by atoms with Crippen LogP contribution in [0.25, 0.3) is 0 Å². The highest BCUT2D eigenvalue weighted by Gasteiger charge is 2.04. The van der Waals surface area contributed by atoms with Crippen LogP contribution in [-0.2, 0) is 0 Å². The summed E-state index contributed by atoms with van der Waals surface area (Å²) in [4.78, 5) is 0. The summed E-state index contributed by atoms with van der Waals surface area (Å²) in [6.07, 6.45) is 20.4. The number of hydrogen-bond donors (Lipinski definition) is 0. The molecule has 2 heteroatoms. The van der Waals surface area contributed by atoms with Crippen LogP contribution in [0.5, 0.6) is 0 Å². The topological polar surface area (TPSA) is 0 Å². The van der Waals surface area contributed by atoms with E-state index in [-0.39, 0.29) is 9.84 Å². The standard InChI is InChI=1S/C19H42N.BH3.H/c1-5-6-7-8-9-10-11-12-13-14-15-16-17-18-19-20(2,3)4;;/h5-19H2,1-4H3;1H3;/q+1;;-1. The maximum absolute atomic E-state index is 2.29. The Morgan fingerprint density at radius 1 is 0.524 bits per heavy atom. The maximum atomic E-state index is 2.29. The number of rotatable bonds is 15. The van der Waals surface area contributed by atoms with Gasteiger partial charge < -0.3 is 5.91 Å². The summed E-state index contributed by atoms with van der Waals surface area (Å²) < 4.78 is 1.12. The molecule has 130 valence electrons. The van der Waals surface area contributed by atoms with E-state index in [1.165, 1.54) is 96.4 Å². The van der Waals surface area contributed by atoms with Gasteiger partial charge in [-0.3, -0.25) is 0 Å². The molecular formula is C19H46BN. The van der Waals surface area contributed by atoms with Gasteiger partial charge in [0.2, 0.25) is 0 Å². The fraction of sp³-hybridized carbons (Fsp3) is 1.00. The van der Waals surface area contributed by atoms with Crippen molar-refractivity contribution >= 4 is 8.41 Å². The first-order valence-electron chi connectivity index (χ1n) is 9.36. The highest BCUT2D eigenvalue weighted by Crippen LogP contribution is 2.13. The summed E-state index contributed by atoms with van der Waals surface area (Å²) >= 11 is 0. The Hall–Kier alpha value is 0.0249. The lowest BCUT2D eigenvalue weighted by molar-refractivity contribution is -0.870. The molecule has 0 fully saturated rings. The van der Waals surface area contributed by atoms with Crippen LogP contribution >= 0.6 is 0 Å². The van der Waals surface area contributed by atoms with E-state index in [4.69, 9.17) is 0 Å². The minimum Gasteiger partial charge on any atom is -1.00 e. The largest absolute Gasteiger partial charge is 1.00 e. The second kappa shape index (κ2) is 16.4. The summed E-state index contributed by atoms with van der Waals surface area (Å²) in [6, 6.07) is 0. The number of nitrogens with zero attached hydrogens (tertiary/aromatic N) is 1. The van der Waals surface area contributed by atoms with E-state index in [2.05, 4.69) is 28.1 Å². The normalized spacial score (nSPS) is 11.4. The Labute approximate surface area is 139 Å². The average molecular weight is 299 g/mol. The van der Waals surface area contributed by atoms with Gasteiger partial charge in [0.15, 0.2) is 0 Å². The molecule has 0 aliphatic heterocycles. The maximum Gasteiger partial charge on any atom is 0.0814 e. The molecule has 0 aromatic heterocycles. The Kier molecular flexibility index (Phi) is 18.2. The van der Waals surface area contributed by atoms with Crippen molar-refractivity contribution in [3.05, 3.63) is 0 Å². The van der Waals surface area contributed by atoms with Gasteiger partial charge in [-0.1, -0.05) is 84.0 Å². The number of quaternary nitrogens is 1. The Balaban J connectivity index is -0.00000180. The van der Waals surface area contributed by atoms with Crippen molar-refractivity contribution in [2.24, 2.45) is 0 Å². The fourth-order valence-electron chi connectivity index (χ4n) is 2.78. The van der Waals surface area contributed by atoms with Gasteiger partial charge in [0.25, 0.3) is 0 Å². The molecule has 1 nitrogen and oxygen atoms in total. The monoisotopic (exact) mass is 299 g/mol.